The van der Waals surface area contributed by atoms with Gasteiger partial charge >= 0.3 is 0 Å². The second-order valence-electron chi connectivity index (χ2n) is 4.82. The third-order valence-corrected chi connectivity index (χ3v) is 3.70. The summed E-state index contributed by atoms with van der Waals surface area (Å²) in [7, 11) is 0. The van der Waals surface area contributed by atoms with E-state index in [0.29, 0.717) is 17.4 Å². The summed E-state index contributed by atoms with van der Waals surface area (Å²) >= 11 is 6.06. The van der Waals surface area contributed by atoms with Crippen LogP contribution in [-0.4, -0.2) is 6.61 Å². The van der Waals surface area contributed by atoms with Crippen molar-refractivity contribution in [2.45, 2.75) is 32.6 Å². The van der Waals surface area contributed by atoms with E-state index in [0.717, 1.165) is 31.2 Å². The molecule has 90 valence electrons. The second-order valence-corrected chi connectivity index (χ2v) is 5.23. The van der Waals surface area contributed by atoms with Crippen LogP contribution in [0.25, 0.3) is 0 Å². The summed E-state index contributed by atoms with van der Waals surface area (Å²) in [6.45, 7) is 2.45. The molecule has 3 heteroatoms. The zero-order valence-corrected chi connectivity index (χ0v) is 10.8. The molecule has 1 aromatic carbocycles. The molecule has 1 aromatic rings. The van der Waals surface area contributed by atoms with Crippen LogP contribution in [0.2, 0.25) is 5.02 Å². The van der Waals surface area contributed by atoms with E-state index in [9.17, 15) is 5.26 Å². The van der Waals surface area contributed by atoms with Gasteiger partial charge in [0.15, 0.2) is 0 Å². The first-order valence-corrected chi connectivity index (χ1v) is 6.33. The highest BCUT2D eigenvalue weighted by Gasteiger charge is 2.35. The van der Waals surface area contributed by atoms with Gasteiger partial charge in [0.2, 0.25) is 0 Å². The van der Waals surface area contributed by atoms with E-state index >= 15 is 0 Å². The summed E-state index contributed by atoms with van der Waals surface area (Å²) in [5.74, 6) is 0.688. The number of hydrogen-bond acceptors (Lipinski definition) is 2. The first-order valence-electron chi connectivity index (χ1n) is 5.95. The van der Waals surface area contributed by atoms with Gasteiger partial charge in [-0.15, -0.1) is 0 Å². The number of hydrogen-bond donors (Lipinski definition) is 0. The fourth-order valence-electron chi connectivity index (χ4n) is 2.28. The molecule has 0 heterocycles. The van der Waals surface area contributed by atoms with E-state index < -0.39 is 0 Å². The molecule has 0 bridgehead atoms. The molecule has 2 rings (SSSR count). The van der Waals surface area contributed by atoms with Crippen LogP contribution in [-0.2, 0) is 0 Å². The van der Waals surface area contributed by atoms with Crippen LogP contribution in [0.3, 0.4) is 0 Å². The second kappa shape index (κ2) is 4.98. The van der Waals surface area contributed by atoms with Gasteiger partial charge in [0, 0.05) is 0 Å². The van der Waals surface area contributed by atoms with E-state index in [2.05, 4.69) is 6.07 Å². The molecular formula is C14H16ClNO. The van der Waals surface area contributed by atoms with Crippen LogP contribution in [0.4, 0.5) is 0 Å². The fraction of sp³-hybridized carbons (Fsp3) is 0.500. The quantitative estimate of drug-likeness (QED) is 0.808. The Balaban J connectivity index is 2.07. The number of halogens is 1. The highest BCUT2D eigenvalue weighted by atomic mass is 35.5. The van der Waals surface area contributed by atoms with Crippen molar-refractivity contribution in [2.75, 3.05) is 6.61 Å². The van der Waals surface area contributed by atoms with Crippen LogP contribution in [0.1, 0.15) is 31.2 Å². The Morgan fingerprint density at radius 2 is 2.12 bits per heavy atom. The van der Waals surface area contributed by atoms with E-state index in [1.165, 1.54) is 0 Å². The van der Waals surface area contributed by atoms with Gasteiger partial charge in [-0.05, 0) is 37.5 Å². The lowest BCUT2D eigenvalue weighted by molar-refractivity contribution is 0.201. The molecule has 1 fully saturated rings. The van der Waals surface area contributed by atoms with Gasteiger partial charge in [-0.3, -0.25) is 0 Å². The van der Waals surface area contributed by atoms with E-state index in [1.807, 2.05) is 25.1 Å². The van der Waals surface area contributed by atoms with Crippen LogP contribution in [0.5, 0.6) is 5.75 Å². The maximum absolute atomic E-state index is 9.26. The molecule has 1 saturated carbocycles. The van der Waals surface area contributed by atoms with Gasteiger partial charge in [-0.2, -0.15) is 5.26 Å². The van der Waals surface area contributed by atoms with Gasteiger partial charge in [-0.1, -0.05) is 30.5 Å². The fourth-order valence-corrected chi connectivity index (χ4v) is 2.45. The Bertz CT molecular complexity index is 444. The highest BCUT2D eigenvalue weighted by molar-refractivity contribution is 6.32. The maximum atomic E-state index is 9.26. The van der Waals surface area contributed by atoms with Crippen LogP contribution < -0.4 is 4.74 Å². The van der Waals surface area contributed by atoms with Crippen molar-refractivity contribution in [1.82, 2.24) is 0 Å². The third kappa shape index (κ3) is 2.73. The van der Waals surface area contributed by atoms with E-state index in [1.54, 1.807) is 0 Å². The van der Waals surface area contributed by atoms with Crippen molar-refractivity contribution >= 4 is 11.6 Å². The normalized spacial score (nSPS) is 17.7. The Kier molecular flexibility index (Phi) is 3.59. The molecule has 1 aliphatic rings. The highest BCUT2D eigenvalue weighted by Crippen LogP contribution is 2.38. The monoisotopic (exact) mass is 249 g/mol. The summed E-state index contributed by atoms with van der Waals surface area (Å²) < 4.78 is 5.74. The lowest BCUT2D eigenvalue weighted by Crippen LogP contribution is -2.23. The Labute approximate surface area is 107 Å². The zero-order valence-electron chi connectivity index (χ0n) is 10.0. The van der Waals surface area contributed by atoms with Gasteiger partial charge in [-0.25, -0.2) is 0 Å². The number of nitriles is 1. The SMILES string of the molecule is Cc1ccc(Cl)c(OCC2(C#N)CCCC2)c1. The number of nitrogens with zero attached hydrogens (tertiary/aromatic N) is 1. The van der Waals surface area contributed by atoms with Crippen molar-refractivity contribution in [3.05, 3.63) is 28.8 Å². The van der Waals surface area contributed by atoms with Crippen molar-refractivity contribution in [3.63, 3.8) is 0 Å². The molecule has 0 aromatic heterocycles. The van der Waals surface area contributed by atoms with Gasteiger partial charge in [0.05, 0.1) is 16.5 Å². The summed E-state index contributed by atoms with van der Waals surface area (Å²) in [6, 6.07) is 8.12. The van der Waals surface area contributed by atoms with E-state index in [-0.39, 0.29) is 5.41 Å². The predicted octanol–water partition coefficient (Wildman–Crippen LogP) is 4.11. The summed E-state index contributed by atoms with van der Waals surface area (Å²) in [5, 5.41) is 9.87. The van der Waals surface area contributed by atoms with Crippen molar-refractivity contribution < 1.29 is 4.74 Å². The lowest BCUT2D eigenvalue weighted by Gasteiger charge is -2.21. The first-order chi connectivity index (χ1) is 8.15. The van der Waals surface area contributed by atoms with E-state index in [4.69, 9.17) is 16.3 Å². The van der Waals surface area contributed by atoms with Gasteiger partial charge in [0.1, 0.15) is 12.4 Å². The average molecular weight is 250 g/mol. The van der Waals surface area contributed by atoms with Gasteiger partial charge in [0.25, 0.3) is 0 Å². The van der Waals surface area contributed by atoms with Crippen LogP contribution >= 0.6 is 11.6 Å². The molecule has 0 spiro atoms. The van der Waals surface area contributed by atoms with Crippen molar-refractivity contribution in [2.24, 2.45) is 5.41 Å². The minimum absolute atomic E-state index is 0.299. The topological polar surface area (TPSA) is 33.0 Å². The smallest absolute Gasteiger partial charge is 0.138 e. The van der Waals surface area contributed by atoms with Gasteiger partial charge < -0.3 is 4.74 Å². The molecule has 17 heavy (non-hydrogen) atoms. The Morgan fingerprint density at radius 3 is 2.76 bits per heavy atom. The minimum atomic E-state index is -0.299. The largest absolute Gasteiger partial charge is 0.490 e. The van der Waals surface area contributed by atoms with Crippen LogP contribution in [0.15, 0.2) is 18.2 Å². The Morgan fingerprint density at radius 1 is 1.41 bits per heavy atom. The Hall–Kier alpha value is -1.20. The summed E-state index contributed by atoms with van der Waals surface area (Å²) in [5.41, 5.74) is 0.814. The van der Waals surface area contributed by atoms with Crippen molar-refractivity contribution in [1.29, 1.82) is 5.26 Å². The number of aryl methyl sites for hydroxylation is 1. The predicted molar refractivity (Wildman–Crippen MR) is 68.2 cm³/mol. The molecule has 0 unspecified atom stereocenters. The number of ether oxygens (including phenoxy) is 1. The third-order valence-electron chi connectivity index (χ3n) is 3.39. The molecule has 0 aliphatic heterocycles. The molecular weight excluding hydrogens is 234 g/mol. The molecule has 0 atom stereocenters. The zero-order chi connectivity index (χ0) is 12.3. The number of benzene rings is 1. The average Bonchev–Trinajstić information content (AvgIpc) is 2.80. The molecule has 0 N–H and O–H groups in total. The lowest BCUT2D eigenvalue weighted by atomic mass is 9.89. The molecule has 2 nitrogen and oxygen atoms in total. The standard InChI is InChI=1S/C14H16ClNO/c1-11-4-5-12(15)13(8-11)17-10-14(9-16)6-2-3-7-14/h4-5,8H,2-3,6-7,10H2,1H3. The molecule has 0 amide bonds. The van der Waals surface area contributed by atoms with Crippen LogP contribution in [0, 0.1) is 23.7 Å². The maximum Gasteiger partial charge on any atom is 0.138 e. The molecule has 1 aliphatic carbocycles. The van der Waals surface area contributed by atoms with Crippen molar-refractivity contribution in [3.8, 4) is 11.8 Å². The number of rotatable bonds is 3. The molecule has 0 saturated heterocycles. The molecule has 0 radical (unpaired) electrons. The summed E-state index contributed by atoms with van der Waals surface area (Å²) in [4.78, 5) is 0. The summed E-state index contributed by atoms with van der Waals surface area (Å²) in [6.07, 6.45) is 4.12. The first kappa shape index (κ1) is 12.3. The minimum Gasteiger partial charge on any atom is -0.490 e.